The third-order valence-electron chi connectivity index (χ3n) is 3.84. The summed E-state index contributed by atoms with van der Waals surface area (Å²) in [4.78, 5) is 24.6. The van der Waals surface area contributed by atoms with Gasteiger partial charge in [0.25, 0.3) is 0 Å². The maximum absolute atomic E-state index is 13.1. The minimum absolute atomic E-state index is 0.215. The van der Waals surface area contributed by atoms with Gasteiger partial charge in [-0.05, 0) is 36.8 Å². The van der Waals surface area contributed by atoms with Crippen molar-refractivity contribution in [2.45, 2.75) is 13.0 Å². The van der Waals surface area contributed by atoms with Crippen molar-refractivity contribution < 1.29 is 13.9 Å². The number of methoxy groups -OCH3 is 1. The lowest BCUT2D eigenvalue weighted by Crippen LogP contribution is -2.14. The Morgan fingerprint density at radius 3 is 2.56 bits per heavy atom. The van der Waals surface area contributed by atoms with E-state index in [1.54, 1.807) is 42.9 Å². The lowest BCUT2D eigenvalue weighted by atomic mass is 10.1. The van der Waals surface area contributed by atoms with E-state index in [1.807, 2.05) is 6.92 Å². The highest BCUT2D eigenvalue weighted by Gasteiger charge is 2.17. The molecule has 0 saturated heterocycles. The summed E-state index contributed by atoms with van der Waals surface area (Å²) in [6.45, 7) is 1.89. The molecule has 8 heteroatoms. The molecule has 3 aromatic rings. The predicted octanol–water partition coefficient (Wildman–Crippen LogP) is 3.71. The van der Waals surface area contributed by atoms with E-state index in [-0.39, 0.29) is 17.4 Å². The number of nitrogens with zero attached hydrogens (tertiary/aromatic N) is 3. The van der Waals surface area contributed by atoms with Gasteiger partial charge in [-0.3, -0.25) is 4.98 Å². The van der Waals surface area contributed by atoms with Crippen molar-refractivity contribution in [3.63, 3.8) is 0 Å². The van der Waals surface area contributed by atoms with E-state index in [0.29, 0.717) is 17.5 Å². The molecule has 2 aromatic heterocycles. The first-order valence-electron chi connectivity index (χ1n) is 8.21. The second kappa shape index (κ2) is 8.22. The normalized spacial score (nSPS) is 11.5. The summed E-state index contributed by atoms with van der Waals surface area (Å²) in [6.07, 6.45) is 4.68. The Balaban J connectivity index is 1.88. The zero-order valence-corrected chi connectivity index (χ0v) is 14.8. The maximum Gasteiger partial charge on any atom is 0.341 e. The number of ether oxygens (including phenoxy) is 1. The molecule has 7 nitrogen and oxygen atoms in total. The zero-order chi connectivity index (χ0) is 19.2. The van der Waals surface area contributed by atoms with Gasteiger partial charge in [0.05, 0.1) is 13.3 Å². The van der Waals surface area contributed by atoms with Crippen molar-refractivity contribution in [2.75, 3.05) is 17.7 Å². The molecule has 0 fully saturated rings. The SMILES string of the molecule is COC(=O)c1ccc(Nc2cnccn2)nc1NC(C)c1ccc(F)cc1. The second-order valence-corrected chi connectivity index (χ2v) is 5.72. The van der Waals surface area contributed by atoms with Crippen LogP contribution in [0.4, 0.5) is 21.8 Å². The number of benzene rings is 1. The van der Waals surface area contributed by atoms with Gasteiger partial charge < -0.3 is 15.4 Å². The van der Waals surface area contributed by atoms with E-state index in [9.17, 15) is 9.18 Å². The molecule has 3 rings (SSSR count). The summed E-state index contributed by atoms with van der Waals surface area (Å²) in [7, 11) is 1.31. The standard InChI is InChI=1S/C19H18FN5O2/c1-12(13-3-5-14(20)6-4-13)23-18-15(19(26)27-2)7-8-16(25-18)24-17-11-21-9-10-22-17/h3-12H,1-2H3,(H2,22,23,24,25). The molecule has 0 bridgehead atoms. The molecule has 138 valence electrons. The molecule has 2 heterocycles. The number of pyridine rings is 1. The summed E-state index contributed by atoms with van der Waals surface area (Å²) in [5, 5.41) is 6.20. The highest BCUT2D eigenvalue weighted by molar-refractivity contribution is 5.95. The summed E-state index contributed by atoms with van der Waals surface area (Å²) >= 11 is 0. The topological polar surface area (TPSA) is 89.0 Å². The van der Waals surface area contributed by atoms with Crippen LogP contribution < -0.4 is 10.6 Å². The Kier molecular flexibility index (Phi) is 5.55. The number of carbonyl (C=O) groups excluding carboxylic acids is 1. The van der Waals surface area contributed by atoms with Crippen molar-refractivity contribution in [1.82, 2.24) is 15.0 Å². The van der Waals surface area contributed by atoms with Crippen LogP contribution >= 0.6 is 0 Å². The lowest BCUT2D eigenvalue weighted by Gasteiger charge is -2.18. The summed E-state index contributed by atoms with van der Waals surface area (Å²) in [5.41, 5.74) is 1.14. The lowest BCUT2D eigenvalue weighted by molar-refractivity contribution is 0.0601. The number of anilines is 3. The first-order chi connectivity index (χ1) is 13.1. The van der Waals surface area contributed by atoms with Crippen LogP contribution in [0.2, 0.25) is 0 Å². The first-order valence-corrected chi connectivity index (χ1v) is 8.21. The molecule has 0 amide bonds. The van der Waals surface area contributed by atoms with Crippen LogP contribution in [0.3, 0.4) is 0 Å². The molecule has 0 aliphatic carbocycles. The molecule has 1 atom stereocenters. The van der Waals surface area contributed by atoms with Crippen molar-refractivity contribution in [3.05, 3.63) is 71.9 Å². The number of halogens is 1. The molecule has 0 spiro atoms. The van der Waals surface area contributed by atoms with Gasteiger partial charge in [-0.25, -0.2) is 19.2 Å². The van der Waals surface area contributed by atoms with Crippen LogP contribution in [0.1, 0.15) is 28.9 Å². The van der Waals surface area contributed by atoms with Gasteiger partial charge in [-0.15, -0.1) is 0 Å². The zero-order valence-electron chi connectivity index (χ0n) is 14.8. The fraction of sp³-hybridized carbons (Fsp3) is 0.158. The van der Waals surface area contributed by atoms with Gasteiger partial charge in [0, 0.05) is 18.4 Å². The summed E-state index contributed by atoms with van der Waals surface area (Å²) < 4.78 is 18.0. The largest absolute Gasteiger partial charge is 0.465 e. The average Bonchev–Trinajstić information content (AvgIpc) is 2.69. The highest BCUT2D eigenvalue weighted by atomic mass is 19.1. The van der Waals surface area contributed by atoms with E-state index < -0.39 is 5.97 Å². The Hall–Kier alpha value is -3.55. The van der Waals surface area contributed by atoms with Gasteiger partial charge in [-0.2, -0.15) is 0 Å². The smallest absolute Gasteiger partial charge is 0.341 e. The number of hydrogen-bond donors (Lipinski definition) is 2. The van der Waals surface area contributed by atoms with E-state index in [1.165, 1.54) is 19.2 Å². The van der Waals surface area contributed by atoms with Crippen LogP contribution in [-0.4, -0.2) is 28.0 Å². The quantitative estimate of drug-likeness (QED) is 0.642. The Bertz CT molecular complexity index is 919. The molecule has 27 heavy (non-hydrogen) atoms. The third kappa shape index (κ3) is 4.55. The van der Waals surface area contributed by atoms with Gasteiger partial charge in [0.1, 0.15) is 28.8 Å². The van der Waals surface area contributed by atoms with Gasteiger partial charge in [-0.1, -0.05) is 12.1 Å². The van der Waals surface area contributed by atoms with E-state index in [2.05, 4.69) is 25.6 Å². The maximum atomic E-state index is 13.1. The monoisotopic (exact) mass is 367 g/mol. The molecule has 0 saturated carbocycles. The number of rotatable bonds is 6. The molecule has 1 aromatic carbocycles. The Labute approximate surface area is 155 Å². The summed E-state index contributed by atoms with van der Waals surface area (Å²) in [5.74, 6) is 0.523. The Morgan fingerprint density at radius 2 is 1.89 bits per heavy atom. The predicted molar refractivity (Wildman–Crippen MR) is 99.3 cm³/mol. The minimum Gasteiger partial charge on any atom is -0.465 e. The van der Waals surface area contributed by atoms with Crippen molar-refractivity contribution >= 4 is 23.4 Å². The Morgan fingerprint density at radius 1 is 1.11 bits per heavy atom. The van der Waals surface area contributed by atoms with Crippen LogP contribution in [0, 0.1) is 5.82 Å². The number of esters is 1. The third-order valence-corrected chi connectivity index (χ3v) is 3.84. The fourth-order valence-corrected chi connectivity index (χ4v) is 2.45. The number of aromatic nitrogens is 3. The summed E-state index contributed by atoms with van der Waals surface area (Å²) in [6, 6.07) is 9.15. The minimum atomic E-state index is -0.512. The average molecular weight is 367 g/mol. The van der Waals surface area contributed by atoms with E-state index in [4.69, 9.17) is 4.74 Å². The number of nitrogens with one attached hydrogen (secondary N) is 2. The molecule has 1 unspecified atom stereocenters. The van der Waals surface area contributed by atoms with Crippen molar-refractivity contribution in [2.24, 2.45) is 0 Å². The molecule has 0 aliphatic rings. The highest BCUT2D eigenvalue weighted by Crippen LogP contribution is 2.24. The fourth-order valence-electron chi connectivity index (χ4n) is 2.45. The van der Waals surface area contributed by atoms with Crippen LogP contribution in [0.25, 0.3) is 0 Å². The van der Waals surface area contributed by atoms with E-state index in [0.717, 1.165) is 5.56 Å². The van der Waals surface area contributed by atoms with Gasteiger partial charge in [0.2, 0.25) is 0 Å². The number of carbonyl (C=O) groups is 1. The first kappa shape index (κ1) is 18.2. The molecular formula is C19H18FN5O2. The van der Waals surface area contributed by atoms with Gasteiger partial charge >= 0.3 is 5.97 Å². The number of hydrogen-bond acceptors (Lipinski definition) is 7. The molecule has 0 aliphatic heterocycles. The van der Waals surface area contributed by atoms with Crippen molar-refractivity contribution in [3.8, 4) is 0 Å². The van der Waals surface area contributed by atoms with Crippen LogP contribution in [0.15, 0.2) is 55.0 Å². The van der Waals surface area contributed by atoms with Crippen LogP contribution in [-0.2, 0) is 4.74 Å². The second-order valence-electron chi connectivity index (χ2n) is 5.72. The molecule has 0 radical (unpaired) electrons. The molecule has 2 N–H and O–H groups in total. The van der Waals surface area contributed by atoms with Crippen molar-refractivity contribution in [1.29, 1.82) is 0 Å². The van der Waals surface area contributed by atoms with Gasteiger partial charge in [0.15, 0.2) is 0 Å². The van der Waals surface area contributed by atoms with E-state index >= 15 is 0 Å². The van der Waals surface area contributed by atoms with Crippen LogP contribution in [0.5, 0.6) is 0 Å². The molecular weight excluding hydrogens is 349 g/mol.